The van der Waals surface area contributed by atoms with E-state index < -0.39 is 27.0 Å². The van der Waals surface area contributed by atoms with Crippen LogP contribution in [-0.2, 0) is 14.8 Å². The maximum absolute atomic E-state index is 12.4. The Morgan fingerprint density at radius 2 is 1.83 bits per heavy atom. The molecule has 1 amide bonds. The maximum Gasteiger partial charge on any atom is 0.271 e. The number of nitrogens with one attached hydrogen (secondary N) is 1. The third kappa shape index (κ3) is 5.57. The molecule has 10 nitrogen and oxygen atoms in total. The Labute approximate surface area is 168 Å². The standard InChI is InChI=1S/C18H21N3O7S/c1-12(28-15-8-5-13(6-9-15)20(2)29(4,25)26)18(22)19-16-11-14(21(23)24)7-10-17(16)27-3/h5-12H,1-4H3,(H,19,22)/t12-/m1/s1. The number of nitro benzene ring substituents is 1. The summed E-state index contributed by atoms with van der Waals surface area (Å²) in [7, 11) is -0.582. The van der Waals surface area contributed by atoms with Crippen molar-refractivity contribution in [3.63, 3.8) is 0 Å². The smallest absolute Gasteiger partial charge is 0.271 e. The molecule has 1 atom stereocenters. The van der Waals surface area contributed by atoms with E-state index in [-0.39, 0.29) is 17.1 Å². The average Bonchev–Trinajstić information content (AvgIpc) is 2.67. The van der Waals surface area contributed by atoms with Crippen LogP contribution in [0.1, 0.15) is 6.92 Å². The molecule has 0 aliphatic carbocycles. The molecule has 0 saturated carbocycles. The van der Waals surface area contributed by atoms with Gasteiger partial charge in [-0.05, 0) is 37.3 Å². The van der Waals surface area contributed by atoms with Crippen LogP contribution < -0.4 is 19.1 Å². The van der Waals surface area contributed by atoms with Gasteiger partial charge >= 0.3 is 0 Å². The van der Waals surface area contributed by atoms with Gasteiger partial charge in [0.15, 0.2) is 6.10 Å². The predicted octanol–water partition coefficient (Wildman–Crippen LogP) is 2.41. The number of nitro groups is 1. The van der Waals surface area contributed by atoms with Crippen molar-refractivity contribution >= 4 is 33.0 Å². The van der Waals surface area contributed by atoms with Crippen molar-refractivity contribution in [3.8, 4) is 11.5 Å². The molecule has 0 unspecified atom stereocenters. The summed E-state index contributed by atoms with van der Waals surface area (Å²) in [6.07, 6.45) is 0.156. The molecule has 2 aromatic rings. The lowest BCUT2D eigenvalue weighted by molar-refractivity contribution is -0.384. The Morgan fingerprint density at radius 1 is 1.21 bits per heavy atom. The fourth-order valence-electron chi connectivity index (χ4n) is 2.33. The second-order valence-electron chi connectivity index (χ2n) is 6.12. The highest BCUT2D eigenvalue weighted by Crippen LogP contribution is 2.29. The van der Waals surface area contributed by atoms with E-state index in [4.69, 9.17) is 9.47 Å². The number of hydrogen-bond acceptors (Lipinski definition) is 7. The van der Waals surface area contributed by atoms with Crippen LogP contribution in [-0.4, -0.2) is 45.8 Å². The minimum Gasteiger partial charge on any atom is -0.495 e. The van der Waals surface area contributed by atoms with Gasteiger partial charge in [0.1, 0.15) is 11.5 Å². The summed E-state index contributed by atoms with van der Waals surface area (Å²) in [5, 5.41) is 13.5. The number of ether oxygens (including phenoxy) is 2. The molecule has 0 spiro atoms. The number of carbonyl (C=O) groups is 1. The van der Waals surface area contributed by atoms with E-state index in [1.54, 1.807) is 12.1 Å². The second kappa shape index (κ2) is 8.78. The maximum atomic E-state index is 12.4. The minimum absolute atomic E-state index is 0.146. The van der Waals surface area contributed by atoms with Crippen LogP contribution >= 0.6 is 0 Å². The highest BCUT2D eigenvalue weighted by Gasteiger charge is 2.19. The van der Waals surface area contributed by atoms with E-state index in [1.165, 1.54) is 51.4 Å². The van der Waals surface area contributed by atoms with Gasteiger partial charge in [-0.1, -0.05) is 0 Å². The molecule has 0 saturated heterocycles. The monoisotopic (exact) mass is 423 g/mol. The molecule has 29 heavy (non-hydrogen) atoms. The zero-order valence-electron chi connectivity index (χ0n) is 16.3. The van der Waals surface area contributed by atoms with E-state index in [0.29, 0.717) is 11.4 Å². The van der Waals surface area contributed by atoms with Crippen LogP contribution in [0.5, 0.6) is 11.5 Å². The summed E-state index contributed by atoms with van der Waals surface area (Å²) < 4.78 is 34.9. The number of carbonyl (C=O) groups excluding carboxylic acids is 1. The third-order valence-electron chi connectivity index (χ3n) is 4.03. The van der Waals surface area contributed by atoms with E-state index in [1.807, 2.05) is 0 Å². The van der Waals surface area contributed by atoms with Crippen LogP contribution in [0.15, 0.2) is 42.5 Å². The Balaban J connectivity index is 2.10. The molecule has 0 heterocycles. The molecular weight excluding hydrogens is 402 g/mol. The largest absolute Gasteiger partial charge is 0.495 e. The van der Waals surface area contributed by atoms with Crippen molar-refractivity contribution in [3.05, 3.63) is 52.6 Å². The van der Waals surface area contributed by atoms with Crippen molar-refractivity contribution in [1.29, 1.82) is 0 Å². The molecule has 0 aliphatic heterocycles. The van der Waals surface area contributed by atoms with Gasteiger partial charge in [-0.2, -0.15) is 0 Å². The highest BCUT2D eigenvalue weighted by molar-refractivity contribution is 7.92. The van der Waals surface area contributed by atoms with Crippen LogP contribution in [0.4, 0.5) is 17.1 Å². The van der Waals surface area contributed by atoms with Gasteiger partial charge in [-0.3, -0.25) is 19.2 Å². The van der Waals surface area contributed by atoms with Crippen LogP contribution in [0.25, 0.3) is 0 Å². The summed E-state index contributed by atoms with van der Waals surface area (Å²) in [6.45, 7) is 1.51. The molecule has 0 aromatic heterocycles. The Kier molecular flexibility index (Phi) is 6.64. The first-order valence-corrected chi connectivity index (χ1v) is 10.2. The molecule has 0 radical (unpaired) electrons. The first-order valence-electron chi connectivity index (χ1n) is 8.37. The van der Waals surface area contributed by atoms with Gasteiger partial charge in [-0.25, -0.2) is 8.42 Å². The molecular formula is C18H21N3O7S. The van der Waals surface area contributed by atoms with Gasteiger partial charge in [0.25, 0.3) is 11.6 Å². The summed E-state index contributed by atoms with van der Waals surface area (Å²) in [4.78, 5) is 22.8. The lowest BCUT2D eigenvalue weighted by Gasteiger charge is -2.18. The van der Waals surface area contributed by atoms with Crippen molar-refractivity contribution < 1.29 is 27.6 Å². The zero-order chi connectivity index (χ0) is 21.8. The predicted molar refractivity (Wildman–Crippen MR) is 108 cm³/mol. The number of benzene rings is 2. The van der Waals surface area contributed by atoms with E-state index in [0.717, 1.165) is 10.6 Å². The van der Waals surface area contributed by atoms with Crippen molar-refractivity contribution in [2.75, 3.05) is 30.0 Å². The summed E-state index contributed by atoms with van der Waals surface area (Å²) in [6, 6.07) is 10.0. The lowest BCUT2D eigenvalue weighted by Crippen LogP contribution is -2.30. The van der Waals surface area contributed by atoms with Gasteiger partial charge in [0, 0.05) is 19.2 Å². The Morgan fingerprint density at radius 3 is 2.34 bits per heavy atom. The molecule has 0 fully saturated rings. The number of sulfonamides is 1. The minimum atomic E-state index is -3.39. The molecule has 2 aromatic carbocycles. The van der Waals surface area contributed by atoms with Gasteiger partial charge in [-0.15, -0.1) is 0 Å². The molecule has 1 N–H and O–H groups in total. The average molecular weight is 423 g/mol. The lowest BCUT2D eigenvalue weighted by atomic mass is 10.2. The highest BCUT2D eigenvalue weighted by atomic mass is 32.2. The number of rotatable bonds is 8. The number of nitrogens with zero attached hydrogens (tertiary/aromatic N) is 2. The summed E-state index contributed by atoms with van der Waals surface area (Å²) >= 11 is 0. The van der Waals surface area contributed by atoms with Crippen LogP contribution in [0, 0.1) is 10.1 Å². The number of anilines is 2. The van der Waals surface area contributed by atoms with Gasteiger partial charge in [0.2, 0.25) is 10.0 Å². The molecule has 11 heteroatoms. The molecule has 0 bridgehead atoms. The number of hydrogen-bond donors (Lipinski definition) is 1. The molecule has 2 rings (SSSR count). The van der Waals surface area contributed by atoms with Crippen LogP contribution in [0.2, 0.25) is 0 Å². The first-order chi connectivity index (χ1) is 13.5. The first kappa shape index (κ1) is 22.0. The normalized spacial score (nSPS) is 12.0. The molecule has 156 valence electrons. The SMILES string of the molecule is COc1ccc([N+](=O)[O-])cc1NC(=O)[C@@H](C)Oc1ccc(N(C)S(C)(=O)=O)cc1. The number of methoxy groups -OCH3 is 1. The number of non-ortho nitro benzene ring substituents is 1. The van der Waals surface area contributed by atoms with Gasteiger partial charge < -0.3 is 14.8 Å². The molecule has 0 aliphatic rings. The summed E-state index contributed by atoms with van der Waals surface area (Å²) in [5.74, 6) is 0.0785. The third-order valence-corrected chi connectivity index (χ3v) is 5.24. The number of amides is 1. The van der Waals surface area contributed by atoms with Crippen molar-refractivity contribution in [2.24, 2.45) is 0 Å². The van der Waals surface area contributed by atoms with Gasteiger partial charge in [0.05, 0.1) is 29.7 Å². The van der Waals surface area contributed by atoms with Crippen LogP contribution in [0.3, 0.4) is 0 Å². The topological polar surface area (TPSA) is 128 Å². The van der Waals surface area contributed by atoms with Crippen molar-refractivity contribution in [1.82, 2.24) is 0 Å². The quantitative estimate of drug-likeness (QED) is 0.510. The zero-order valence-corrected chi connectivity index (χ0v) is 17.1. The fraction of sp³-hybridized carbons (Fsp3) is 0.278. The van der Waals surface area contributed by atoms with E-state index >= 15 is 0 Å². The van der Waals surface area contributed by atoms with E-state index in [9.17, 15) is 23.3 Å². The van der Waals surface area contributed by atoms with Crippen molar-refractivity contribution in [2.45, 2.75) is 13.0 Å². The summed E-state index contributed by atoms with van der Waals surface area (Å²) in [5.41, 5.74) is 0.394. The Bertz CT molecular complexity index is 1010. The van der Waals surface area contributed by atoms with E-state index in [2.05, 4.69) is 5.32 Å². The fourth-order valence-corrected chi connectivity index (χ4v) is 2.83. The Hall–Kier alpha value is -3.34. The second-order valence-corrected chi connectivity index (χ2v) is 8.13.